The number of carbonyl (C=O) groups excluding carboxylic acids is 1. The molecule has 0 atom stereocenters. The zero-order chi connectivity index (χ0) is 33.6. The first kappa shape index (κ1) is 32.7. The van der Waals surface area contributed by atoms with Crippen molar-refractivity contribution < 1.29 is 9.53 Å². The van der Waals surface area contributed by atoms with E-state index in [2.05, 4.69) is 49.7 Å². The maximum Gasteiger partial charge on any atom is 0.228 e. The quantitative estimate of drug-likeness (QED) is 0.129. The minimum atomic E-state index is -0.146. The zero-order valence-electron chi connectivity index (χ0n) is 27.2. The molecule has 6 aromatic rings. The van der Waals surface area contributed by atoms with Crippen LogP contribution in [-0.2, 0) is 16.0 Å². The first-order valence-electron chi connectivity index (χ1n) is 16.3. The van der Waals surface area contributed by atoms with Crippen LogP contribution in [0.4, 0.5) is 23.0 Å². The van der Waals surface area contributed by atoms with Crippen LogP contribution in [-0.4, -0.2) is 76.6 Å². The van der Waals surface area contributed by atoms with Gasteiger partial charge in [0, 0.05) is 91.9 Å². The second-order valence-electron chi connectivity index (χ2n) is 11.9. The number of halogens is 1. The van der Waals surface area contributed by atoms with Crippen LogP contribution in [0.2, 0.25) is 5.02 Å². The van der Waals surface area contributed by atoms with Crippen LogP contribution in [0.5, 0.6) is 0 Å². The Kier molecular flexibility index (Phi) is 10.1. The van der Waals surface area contributed by atoms with Crippen molar-refractivity contribution in [3.05, 3.63) is 107 Å². The van der Waals surface area contributed by atoms with Gasteiger partial charge in [0.2, 0.25) is 11.9 Å². The van der Waals surface area contributed by atoms with Gasteiger partial charge in [-0.1, -0.05) is 41.9 Å². The molecule has 1 aliphatic heterocycles. The van der Waals surface area contributed by atoms with Crippen LogP contribution in [0.25, 0.3) is 27.6 Å². The number of benzene rings is 3. The van der Waals surface area contributed by atoms with E-state index in [0.717, 1.165) is 84.6 Å². The van der Waals surface area contributed by atoms with Gasteiger partial charge in [-0.2, -0.15) is 0 Å². The molecular weight excluding hydrogens is 656 g/mol. The van der Waals surface area contributed by atoms with Gasteiger partial charge in [-0.3, -0.25) is 14.1 Å². The SMILES string of the molecule is COCCCN1CCN(c2ccc(Nc3nccc(-c4c(-c5cccc(NC(=O)Cc6ccccc6Cl)c5)nc5sccn45)n3)cc2)CC1. The molecular formula is C37H37ClN8O2S. The van der Waals surface area contributed by atoms with E-state index in [1.54, 1.807) is 30.7 Å². The van der Waals surface area contributed by atoms with Gasteiger partial charge < -0.3 is 20.3 Å². The molecule has 0 unspecified atom stereocenters. The molecule has 2 N–H and O–H groups in total. The molecule has 4 heterocycles. The maximum atomic E-state index is 12.9. The first-order chi connectivity index (χ1) is 24.0. The Bertz CT molecular complexity index is 2040. The number of methoxy groups -OCH3 is 1. The Morgan fingerprint density at radius 1 is 0.959 bits per heavy atom. The lowest BCUT2D eigenvalue weighted by atomic mass is 10.1. The standard InChI is InChI=1S/C37H37ClN8O2S/c1-48-22-5-16-44-17-19-45(20-18-44)30-12-10-28(11-13-30)41-36-39-15-14-32(42-36)35-34(43-37-46(35)21-23-49-37)27-7-4-8-29(24-27)40-33(47)25-26-6-2-3-9-31(26)38/h2-4,6-15,21,23-24H,5,16-20,22,25H2,1H3,(H,40,47)(H,39,41,42). The summed E-state index contributed by atoms with van der Waals surface area (Å²) in [5.74, 6) is 0.346. The second-order valence-corrected chi connectivity index (χ2v) is 13.2. The van der Waals surface area contributed by atoms with Crippen molar-refractivity contribution >= 4 is 56.8 Å². The first-order valence-corrected chi connectivity index (χ1v) is 17.6. The average Bonchev–Trinajstić information content (AvgIpc) is 3.73. The molecule has 3 aromatic heterocycles. The topological polar surface area (TPSA) is 99.9 Å². The summed E-state index contributed by atoms with van der Waals surface area (Å²) < 4.78 is 7.24. The number of hydrogen-bond donors (Lipinski definition) is 2. The summed E-state index contributed by atoms with van der Waals surface area (Å²) in [5.41, 5.74) is 6.78. The number of anilines is 4. The molecule has 0 spiro atoms. The summed E-state index contributed by atoms with van der Waals surface area (Å²) in [7, 11) is 1.76. The number of fused-ring (bicyclic) bond motifs is 1. The fourth-order valence-corrected chi connectivity index (χ4v) is 7.01. The monoisotopic (exact) mass is 692 g/mol. The van der Waals surface area contributed by atoms with Crippen molar-refractivity contribution in [3.63, 3.8) is 0 Å². The lowest BCUT2D eigenvalue weighted by molar-refractivity contribution is -0.115. The molecule has 12 heteroatoms. The molecule has 1 amide bonds. The van der Waals surface area contributed by atoms with E-state index in [0.29, 0.717) is 16.7 Å². The molecule has 49 heavy (non-hydrogen) atoms. The Morgan fingerprint density at radius 3 is 2.61 bits per heavy atom. The highest BCUT2D eigenvalue weighted by Gasteiger charge is 2.20. The van der Waals surface area contributed by atoms with Crippen molar-refractivity contribution in [1.29, 1.82) is 0 Å². The van der Waals surface area contributed by atoms with Gasteiger partial charge in [-0.15, -0.1) is 11.3 Å². The third kappa shape index (κ3) is 7.76. The largest absolute Gasteiger partial charge is 0.385 e. The molecule has 0 bridgehead atoms. The summed E-state index contributed by atoms with van der Waals surface area (Å²) in [6.07, 6.45) is 5.00. The molecule has 250 valence electrons. The van der Waals surface area contributed by atoms with Crippen LogP contribution in [0, 0.1) is 0 Å². The molecule has 10 nitrogen and oxygen atoms in total. The molecule has 0 saturated carbocycles. The highest BCUT2D eigenvalue weighted by atomic mass is 35.5. The van der Waals surface area contributed by atoms with E-state index in [4.69, 9.17) is 26.3 Å². The Morgan fingerprint density at radius 2 is 1.80 bits per heavy atom. The fraction of sp³-hybridized carbons (Fsp3) is 0.243. The van der Waals surface area contributed by atoms with Gasteiger partial charge in [0.15, 0.2) is 4.96 Å². The number of piperazine rings is 1. The number of hydrogen-bond acceptors (Lipinski definition) is 9. The molecule has 7 rings (SSSR count). The van der Waals surface area contributed by atoms with Crippen molar-refractivity contribution in [1.82, 2.24) is 24.3 Å². The minimum Gasteiger partial charge on any atom is -0.385 e. The minimum absolute atomic E-state index is 0.146. The number of nitrogens with one attached hydrogen (secondary N) is 2. The van der Waals surface area contributed by atoms with Gasteiger partial charge in [0.25, 0.3) is 0 Å². The van der Waals surface area contributed by atoms with Gasteiger partial charge in [-0.05, 0) is 60.5 Å². The summed E-state index contributed by atoms with van der Waals surface area (Å²) in [4.78, 5) is 33.1. The lowest BCUT2D eigenvalue weighted by Crippen LogP contribution is -2.46. The predicted molar refractivity (Wildman–Crippen MR) is 198 cm³/mol. The number of carbonyl (C=O) groups is 1. The number of rotatable bonds is 12. The smallest absolute Gasteiger partial charge is 0.228 e. The molecule has 0 radical (unpaired) electrons. The zero-order valence-corrected chi connectivity index (χ0v) is 28.8. The van der Waals surface area contributed by atoms with Crippen molar-refractivity contribution in [2.24, 2.45) is 0 Å². The number of aromatic nitrogens is 4. The predicted octanol–water partition coefficient (Wildman–Crippen LogP) is 7.26. The molecule has 1 saturated heterocycles. The van der Waals surface area contributed by atoms with Crippen LogP contribution in [0.1, 0.15) is 12.0 Å². The Balaban J connectivity index is 1.06. The number of amides is 1. The maximum absolute atomic E-state index is 12.9. The van der Waals surface area contributed by atoms with Crippen LogP contribution >= 0.6 is 22.9 Å². The number of nitrogens with zero attached hydrogens (tertiary/aromatic N) is 6. The highest BCUT2D eigenvalue weighted by molar-refractivity contribution is 7.15. The van der Waals surface area contributed by atoms with E-state index in [-0.39, 0.29) is 12.3 Å². The number of ether oxygens (including phenoxy) is 1. The number of imidazole rings is 1. The van der Waals surface area contributed by atoms with E-state index in [1.807, 2.05) is 64.5 Å². The Labute approximate surface area is 294 Å². The summed E-state index contributed by atoms with van der Waals surface area (Å²) in [6.45, 7) is 6.02. The second kappa shape index (κ2) is 15.2. The van der Waals surface area contributed by atoms with Gasteiger partial charge in [-0.25, -0.2) is 15.0 Å². The average molecular weight is 693 g/mol. The van der Waals surface area contributed by atoms with E-state index < -0.39 is 0 Å². The van der Waals surface area contributed by atoms with E-state index in [9.17, 15) is 4.79 Å². The third-order valence-electron chi connectivity index (χ3n) is 8.57. The lowest BCUT2D eigenvalue weighted by Gasteiger charge is -2.36. The number of thiazole rings is 1. The van der Waals surface area contributed by atoms with Gasteiger partial charge in [0.1, 0.15) is 5.69 Å². The normalized spacial score (nSPS) is 13.6. The van der Waals surface area contributed by atoms with Crippen LogP contribution in [0.3, 0.4) is 0 Å². The molecule has 0 aliphatic carbocycles. The summed E-state index contributed by atoms with van der Waals surface area (Å²) in [5, 5.41) is 8.97. The van der Waals surface area contributed by atoms with E-state index in [1.165, 1.54) is 5.69 Å². The third-order valence-corrected chi connectivity index (χ3v) is 9.70. The van der Waals surface area contributed by atoms with Crippen molar-refractivity contribution in [3.8, 4) is 22.6 Å². The highest BCUT2D eigenvalue weighted by Crippen LogP contribution is 2.35. The van der Waals surface area contributed by atoms with Gasteiger partial charge >= 0.3 is 0 Å². The molecule has 1 aliphatic rings. The summed E-state index contributed by atoms with van der Waals surface area (Å²) in [6, 6.07) is 25.4. The van der Waals surface area contributed by atoms with E-state index >= 15 is 0 Å². The van der Waals surface area contributed by atoms with Crippen molar-refractivity contribution in [2.75, 3.05) is 62.0 Å². The molecule has 1 fully saturated rings. The molecule has 3 aromatic carbocycles. The summed E-state index contributed by atoms with van der Waals surface area (Å²) >= 11 is 7.83. The van der Waals surface area contributed by atoms with Gasteiger partial charge in [0.05, 0.1) is 17.8 Å². The van der Waals surface area contributed by atoms with Crippen LogP contribution in [0.15, 0.2) is 96.6 Å². The van der Waals surface area contributed by atoms with Crippen molar-refractivity contribution in [2.45, 2.75) is 12.8 Å². The van der Waals surface area contributed by atoms with Crippen LogP contribution < -0.4 is 15.5 Å². The fourth-order valence-electron chi connectivity index (χ4n) is 6.09. The Hall–Kier alpha value is -4.81.